The van der Waals surface area contributed by atoms with Gasteiger partial charge in [0.1, 0.15) is 5.75 Å². The van der Waals surface area contributed by atoms with Gasteiger partial charge in [0.2, 0.25) is 0 Å². The smallest absolute Gasteiger partial charge is 0.270 e. The quantitative estimate of drug-likeness (QED) is 0.426. The maximum Gasteiger partial charge on any atom is 0.270 e. The number of rotatable bonds is 8. The van der Waals surface area contributed by atoms with Crippen LogP contribution in [0.3, 0.4) is 0 Å². The van der Waals surface area contributed by atoms with Crippen LogP contribution in [0.4, 0.5) is 5.69 Å². The molecule has 3 aromatic carbocycles. The molecule has 30 heavy (non-hydrogen) atoms. The molecule has 1 heterocycles. The molecule has 0 unspecified atom stereocenters. The Morgan fingerprint density at radius 3 is 2.40 bits per heavy atom. The minimum Gasteiger partial charge on any atom is -0.478 e. The van der Waals surface area contributed by atoms with Gasteiger partial charge >= 0.3 is 0 Å². The summed E-state index contributed by atoms with van der Waals surface area (Å²) in [4.78, 5) is 14.9. The van der Waals surface area contributed by atoms with E-state index in [0.717, 1.165) is 24.2 Å². The van der Waals surface area contributed by atoms with E-state index in [9.17, 15) is 4.79 Å². The van der Waals surface area contributed by atoms with E-state index < -0.39 is 6.10 Å². The summed E-state index contributed by atoms with van der Waals surface area (Å²) < 4.78 is 6.05. The number of carbonyl (C=O) groups excluding carboxylic acids is 1. The number of halogens is 1. The minimum absolute atomic E-state index is 0.0193. The predicted octanol–water partition coefficient (Wildman–Crippen LogP) is 4.64. The number of benzene rings is 3. The van der Waals surface area contributed by atoms with Crippen LogP contribution in [-0.4, -0.2) is 31.1 Å². The Morgan fingerprint density at radius 1 is 0.967 bits per heavy atom. The molecule has 1 N–H and O–H groups in total. The van der Waals surface area contributed by atoms with Crippen LogP contribution in [-0.2, 0) is 11.2 Å². The summed E-state index contributed by atoms with van der Waals surface area (Å²) >= 11 is 5.97. The average Bonchev–Trinajstić information content (AvgIpc) is 2.77. The van der Waals surface area contributed by atoms with Gasteiger partial charge in [0.05, 0.1) is 6.04 Å². The van der Waals surface area contributed by atoms with Crippen LogP contribution in [0.1, 0.15) is 11.1 Å². The molecule has 1 aliphatic heterocycles. The number of para-hydroxylation sites is 1. The Bertz CT molecular complexity index is 992. The standard InChI is InChI=1S/C25H25ClN2O2/c1-18-7-5-6-10-22(18)28-23(17-27-16-15-19-8-3-2-4-9-19)24(25(28)29)30-21-13-11-20(26)12-14-21/h2-14,23-24,27H,15-17H2,1H3/t23-,24+/m1/s1. The van der Waals surface area contributed by atoms with Gasteiger partial charge in [-0.2, -0.15) is 0 Å². The lowest BCUT2D eigenvalue weighted by molar-refractivity contribution is -0.134. The highest BCUT2D eigenvalue weighted by atomic mass is 35.5. The van der Waals surface area contributed by atoms with E-state index in [1.807, 2.05) is 42.2 Å². The van der Waals surface area contributed by atoms with Crippen LogP contribution < -0.4 is 15.0 Å². The summed E-state index contributed by atoms with van der Waals surface area (Å²) in [6, 6.07) is 25.4. The van der Waals surface area contributed by atoms with Crippen LogP contribution in [0.15, 0.2) is 78.9 Å². The fourth-order valence-corrected chi connectivity index (χ4v) is 3.89. The van der Waals surface area contributed by atoms with Crippen molar-refractivity contribution in [3.05, 3.63) is 95.0 Å². The van der Waals surface area contributed by atoms with Gasteiger partial charge in [-0.3, -0.25) is 4.79 Å². The van der Waals surface area contributed by atoms with Crippen LogP contribution in [0.25, 0.3) is 0 Å². The minimum atomic E-state index is -0.519. The van der Waals surface area contributed by atoms with Crippen LogP contribution in [0, 0.1) is 6.92 Å². The number of nitrogens with one attached hydrogen (secondary N) is 1. The van der Waals surface area contributed by atoms with Crippen molar-refractivity contribution in [1.29, 1.82) is 0 Å². The largest absolute Gasteiger partial charge is 0.478 e. The number of anilines is 1. The third-order valence-electron chi connectivity index (χ3n) is 5.40. The Labute approximate surface area is 182 Å². The molecule has 4 rings (SSSR count). The Kier molecular flexibility index (Phi) is 6.36. The summed E-state index contributed by atoms with van der Waals surface area (Å²) in [5, 5.41) is 4.15. The van der Waals surface area contributed by atoms with E-state index in [-0.39, 0.29) is 11.9 Å². The maximum atomic E-state index is 13.0. The van der Waals surface area contributed by atoms with Gasteiger partial charge in [-0.1, -0.05) is 60.1 Å². The molecule has 0 saturated carbocycles. The molecule has 0 radical (unpaired) electrons. The van der Waals surface area contributed by atoms with Gasteiger partial charge in [0, 0.05) is 17.3 Å². The van der Waals surface area contributed by atoms with E-state index >= 15 is 0 Å². The Hall–Kier alpha value is -2.82. The first-order valence-corrected chi connectivity index (χ1v) is 10.6. The number of hydrogen-bond donors (Lipinski definition) is 1. The van der Waals surface area contributed by atoms with Gasteiger partial charge < -0.3 is 15.0 Å². The van der Waals surface area contributed by atoms with Crippen molar-refractivity contribution >= 4 is 23.2 Å². The van der Waals surface area contributed by atoms with Gasteiger partial charge in [-0.05, 0) is 61.3 Å². The third kappa shape index (κ3) is 4.50. The second kappa shape index (κ2) is 9.33. The van der Waals surface area contributed by atoms with E-state index in [4.69, 9.17) is 16.3 Å². The normalized spacial score (nSPS) is 18.2. The van der Waals surface area contributed by atoms with Gasteiger partial charge in [-0.15, -0.1) is 0 Å². The molecule has 4 nitrogen and oxygen atoms in total. The van der Waals surface area contributed by atoms with E-state index in [1.54, 1.807) is 24.3 Å². The average molecular weight is 421 g/mol. The second-order valence-corrected chi connectivity index (χ2v) is 7.93. The molecule has 3 aromatic rings. The number of aryl methyl sites for hydroxylation is 1. The highest BCUT2D eigenvalue weighted by Crippen LogP contribution is 2.33. The van der Waals surface area contributed by atoms with Crippen LogP contribution in [0.5, 0.6) is 5.75 Å². The topological polar surface area (TPSA) is 41.6 Å². The molecule has 0 aliphatic carbocycles. The van der Waals surface area contributed by atoms with Crippen molar-refractivity contribution in [2.24, 2.45) is 0 Å². The maximum absolute atomic E-state index is 13.0. The zero-order chi connectivity index (χ0) is 20.9. The number of hydrogen-bond acceptors (Lipinski definition) is 3. The Morgan fingerprint density at radius 2 is 1.67 bits per heavy atom. The zero-order valence-corrected chi connectivity index (χ0v) is 17.7. The first-order chi connectivity index (χ1) is 14.6. The van der Waals surface area contributed by atoms with Crippen molar-refractivity contribution < 1.29 is 9.53 Å². The molecule has 154 valence electrons. The molecular weight excluding hydrogens is 396 g/mol. The summed E-state index contributed by atoms with van der Waals surface area (Å²) in [5.74, 6) is 0.630. The van der Waals surface area contributed by atoms with Crippen molar-refractivity contribution in [2.45, 2.75) is 25.5 Å². The first-order valence-electron chi connectivity index (χ1n) is 10.2. The molecule has 2 atom stereocenters. The summed E-state index contributed by atoms with van der Waals surface area (Å²) in [6.07, 6.45) is 0.421. The lowest BCUT2D eigenvalue weighted by Crippen LogP contribution is -2.70. The highest BCUT2D eigenvalue weighted by molar-refractivity contribution is 6.30. The molecular formula is C25H25ClN2O2. The summed E-state index contributed by atoms with van der Waals surface area (Å²) in [7, 11) is 0. The first kappa shape index (κ1) is 20.5. The monoisotopic (exact) mass is 420 g/mol. The predicted molar refractivity (Wildman–Crippen MR) is 121 cm³/mol. The van der Waals surface area contributed by atoms with Crippen LogP contribution in [0.2, 0.25) is 5.02 Å². The van der Waals surface area contributed by atoms with Crippen molar-refractivity contribution in [1.82, 2.24) is 5.32 Å². The van der Waals surface area contributed by atoms with Gasteiger partial charge in [0.25, 0.3) is 5.91 Å². The molecule has 5 heteroatoms. The second-order valence-electron chi connectivity index (χ2n) is 7.49. The number of ether oxygens (including phenoxy) is 1. The lowest BCUT2D eigenvalue weighted by atomic mass is 9.95. The SMILES string of the molecule is Cc1ccccc1N1C(=O)[C@@H](Oc2ccc(Cl)cc2)[C@H]1CNCCc1ccccc1. The molecule has 1 aliphatic rings. The van der Waals surface area contributed by atoms with E-state index in [2.05, 4.69) is 29.6 Å². The van der Waals surface area contributed by atoms with Crippen molar-refractivity contribution in [3.63, 3.8) is 0 Å². The van der Waals surface area contributed by atoms with E-state index in [1.165, 1.54) is 5.56 Å². The zero-order valence-electron chi connectivity index (χ0n) is 16.9. The molecule has 0 spiro atoms. The molecule has 1 saturated heterocycles. The number of amides is 1. The van der Waals surface area contributed by atoms with Crippen molar-refractivity contribution in [3.8, 4) is 5.75 Å². The molecule has 0 bridgehead atoms. The third-order valence-corrected chi connectivity index (χ3v) is 5.65. The van der Waals surface area contributed by atoms with Gasteiger partial charge in [0.15, 0.2) is 6.10 Å². The molecule has 1 fully saturated rings. The number of β-lactam (4-membered cyclic amide) rings is 1. The summed E-state index contributed by atoms with van der Waals surface area (Å²) in [5.41, 5.74) is 3.30. The Balaban J connectivity index is 1.45. The fourth-order valence-electron chi connectivity index (χ4n) is 3.76. The van der Waals surface area contributed by atoms with Gasteiger partial charge in [-0.25, -0.2) is 0 Å². The highest BCUT2D eigenvalue weighted by Gasteiger charge is 2.50. The number of carbonyl (C=O) groups is 1. The molecule has 0 aromatic heterocycles. The lowest BCUT2D eigenvalue weighted by Gasteiger charge is -2.47. The number of nitrogens with zero attached hydrogens (tertiary/aromatic N) is 1. The summed E-state index contributed by atoms with van der Waals surface area (Å²) in [6.45, 7) is 3.52. The van der Waals surface area contributed by atoms with Crippen molar-refractivity contribution in [2.75, 3.05) is 18.0 Å². The fraction of sp³-hybridized carbons (Fsp3) is 0.240. The van der Waals surface area contributed by atoms with Crippen LogP contribution >= 0.6 is 11.6 Å². The molecule has 1 amide bonds. The van der Waals surface area contributed by atoms with E-state index in [0.29, 0.717) is 17.3 Å².